The Morgan fingerprint density at radius 1 is 1.00 bits per heavy atom. The predicted molar refractivity (Wildman–Crippen MR) is 86.1 cm³/mol. The van der Waals surface area contributed by atoms with Gasteiger partial charge < -0.3 is 9.47 Å². The summed E-state index contributed by atoms with van der Waals surface area (Å²) in [6.07, 6.45) is 6.36. The maximum absolute atomic E-state index is 6.62. The van der Waals surface area contributed by atoms with E-state index in [0.717, 1.165) is 18.3 Å². The molecule has 2 heteroatoms. The molecule has 0 spiro atoms. The van der Waals surface area contributed by atoms with Crippen LogP contribution in [0, 0.1) is 22.7 Å². The first-order valence-electron chi connectivity index (χ1n) is 9.03. The van der Waals surface area contributed by atoms with E-state index < -0.39 is 5.79 Å². The minimum atomic E-state index is -0.395. The van der Waals surface area contributed by atoms with Gasteiger partial charge in [-0.15, -0.1) is 0 Å². The summed E-state index contributed by atoms with van der Waals surface area (Å²) in [5.74, 6) is 1.18. The lowest BCUT2D eigenvalue weighted by molar-refractivity contribution is -0.210. The van der Waals surface area contributed by atoms with Crippen LogP contribution in [0.25, 0.3) is 0 Å². The Morgan fingerprint density at radius 2 is 1.67 bits per heavy atom. The Bertz CT molecular complexity index is 431. The molecule has 0 N–H and O–H groups in total. The molecule has 0 aromatic heterocycles. The number of hydrogen-bond acceptors (Lipinski definition) is 2. The standard InChI is InChI=1S/C19H34O2/c1-8-17(6)20-15-12-19(9-2)13(3)10-11-14(19)16(4,5)18(15,7)21-17/h13-15H,8-12H2,1-7H3/t13?,14-,15-,17-,18-,19+/m0/s1. The molecule has 1 aliphatic heterocycles. The largest absolute Gasteiger partial charge is 0.344 e. The van der Waals surface area contributed by atoms with Gasteiger partial charge in [-0.1, -0.05) is 34.6 Å². The van der Waals surface area contributed by atoms with Crippen molar-refractivity contribution in [1.82, 2.24) is 0 Å². The third kappa shape index (κ3) is 1.78. The highest BCUT2D eigenvalue weighted by Gasteiger charge is 2.70. The predicted octanol–water partition coefficient (Wildman–Crippen LogP) is 5.16. The molecule has 122 valence electrons. The van der Waals surface area contributed by atoms with Gasteiger partial charge in [-0.2, -0.15) is 0 Å². The second-order valence-electron chi connectivity index (χ2n) is 8.85. The van der Waals surface area contributed by atoms with E-state index in [1.54, 1.807) is 0 Å². The van der Waals surface area contributed by atoms with Crippen LogP contribution in [0.15, 0.2) is 0 Å². The molecular formula is C19H34O2. The van der Waals surface area contributed by atoms with E-state index in [2.05, 4.69) is 48.5 Å². The molecule has 6 atom stereocenters. The molecule has 3 aliphatic rings. The molecule has 0 bridgehead atoms. The van der Waals surface area contributed by atoms with E-state index in [4.69, 9.17) is 9.47 Å². The van der Waals surface area contributed by atoms with Crippen LogP contribution >= 0.6 is 0 Å². The van der Waals surface area contributed by atoms with Gasteiger partial charge >= 0.3 is 0 Å². The molecule has 21 heavy (non-hydrogen) atoms. The summed E-state index contributed by atoms with van der Waals surface area (Å²) >= 11 is 0. The van der Waals surface area contributed by atoms with E-state index in [1.807, 2.05) is 0 Å². The highest BCUT2D eigenvalue weighted by Crippen LogP contribution is 2.69. The van der Waals surface area contributed by atoms with E-state index in [1.165, 1.54) is 25.7 Å². The summed E-state index contributed by atoms with van der Waals surface area (Å²) in [6, 6.07) is 0. The molecule has 0 aromatic carbocycles. The fraction of sp³-hybridized carbons (Fsp3) is 1.00. The average Bonchev–Trinajstić information content (AvgIpc) is 2.88. The van der Waals surface area contributed by atoms with Gasteiger partial charge in [0.05, 0.1) is 6.10 Å². The molecule has 0 radical (unpaired) electrons. The second kappa shape index (κ2) is 4.47. The molecule has 3 rings (SSSR count). The van der Waals surface area contributed by atoms with Gasteiger partial charge in [0.25, 0.3) is 0 Å². The van der Waals surface area contributed by atoms with E-state index in [9.17, 15) is 0 Å². The van der Waals surface area contributed by atoms with Gasteiger partial charge in [-0.05, 0) is 68.6 Å². The molecule has 1 heterocycles. The topological polar surface area (TPSA) is 18.5 Å². The SMILES string of the molecule is CC[C@@]1(C)O[C@H]2C[C@]3(CC)C(C)CC[C@H]3C(C)(C)[C@@]2(C)O1. The lowest BCUT2D eigenvalue weighted by Crippen LogP contribution is -2.62. The van der Waals surface area contributed by atoms with E-state index >= 15 is 0 Å². The molecule has 0 amide bonds. The van der Waals surface area contributed by atoms with Gasteiger partial charge in [-0.25, -0.2) is 0 Å². The third-order valence-corrected chi connectivity index (χ3v) is 8.01. The molecule has 0 aromatic rings. The van der Waals surface area contributed by atoms with Gasteiger partial charge in [0.15, 0.2) is 5.79 Å². The number of fused-ring (bicyclic) bond motifs is 2. The summed E-state index contributed by atoms with van der Waals surface area (Å²) in [6.45, 7) is 16.4. The Hall–Kier alpha value is -0.0800. The first-order chi connectivity index (χ1) is 9.65. The zero-order valence-corrected chi connectivity index (χ0v) is 15.1. The number of ether oxygens (including phenoxy) is 2. The number of hydrogen-bond donors (Lipinski definition) is 0. The lowest BCUT2D eigenvalue weighted by Gasteiger charge is -2.59. The van der Waals surface area contributed by atoms with Crippen molar-refractivity contribution in [3.8, 4) is 0 Å². The normalized spacial score (nSPS) is 55.3. The fourth-order valence-corrected chi connectivity index (χ4v) is 6.08. The van der Waals surface area contributed by atoms with Gasteiger partial charge in [0, 0.05) is 0 Å². The van der Waals surface area contributed by atoms with Crippen LogP contribution in [-0.2, 0) is 9.47 Å². The van der Waals surface area contributed by atoms with Crippen LogP contribution in [-0.4, -0.2) is 17.5 Å². The quantitative estimate of drug-likeness (QED) is 0.700. The summed E-state index contributed by atoms with van der Waals surface area (Å²) in [5, 5.41) is 0. The molecule has 3 fully saturated rings. The Morgan fingerprint density at radius 3 is 2.24 bits per heavy atom. The third-order valence-electron chi connectivity index (χ3n) is 8.01. The molecule has 2 aliphatic carbocycles. The fourth-order valence-electron chi connectivity index (χ4n) is 6.08. The molecular weight excluding hydrogens is 260 g/mol. The Balaban J connectivity index is 2.06. The van der Waals surface area contributed by atoms with Crippen molar-refractivity contribution in [2.75, 3.05) is 0 Å². The average molecular weight is 294 g/mol. The van der Waals surface area contributed by atoms with Crippen LogP contribution in [0.4, 0.5) is 0 Å². The van der Waals surface area contributed by atoms with Crippen LogP contribution in [0.2, 0.25) is 0 Å². The molecule has 2 saturated carbocycles. The first kappa shape index (κ1) is 15.8. The highest BCUT2D eigenvalue weighted by molar-refractivity contribution is 5.17. The lowest BCUT2D eigenvalue weighted by atomic mass is 9.48. The van der Waals surface area contributed by atoms with Gasteiger partial charge in [0.2, 0.25) is 0 Å². The van der Waals surface area contributed by atoms with Crippen LogP contribution in [0.3, 0.4) is 0 Å². The monoisotopic (exact) mass is 294 g/mol. The minimum absolute atomic E-state index is 0.148. The first-order valence-corrected chi connectivity index (χ1v) is 9.03. The van der Waals surface area contributed by atoms with Crippen molar-refractivity contribution >= 4 is 0 Å². The molecule has 2 nitrogen and oxygen atoms in total. The van der Waals surface area contributed by atoms with Crippen molar-refractivity contribution in [3.05, 3.63) is 0 Å². The van der Waals surface area contributed by atoms with Crippen LogP contribution in [0.1, 0.15) is 80.6 Å². The maximum Gasteiger partial charge on any atom is 0.166 e. The van der Waals surface area contributed by atoms with Crippen LogP contribution in [0.5, 0.6) is 0 Å². The van der Waals surface area contributed by atoms with Crippen LogP contribution < -0.4 is 0 Å². The van der Waals surface area contributed by atoms with Gasteiger partial charge in [-0.3, -0.25) is 0 Å². The van der Waals surface area contributed by atoms with Crippen molar-refractivity contribution in [2.24, 2.45) is 22.7 Å². The second-order valence-corrected chi connectivity index (χ2v) is 8.85. The van der Waals surface area contributed by atoms with E-state index in [-0.39, 0.29) is 17.1 Å². The minimum Gasteiger partial charge on any atom is -0.344 e. The zero-order chi connectivity index (χ0) is 15.7. The Labute approximate surface area is 131 Å². The summed E-state index contributed by atoms with van der Waals surface area (Å²) in [5.41, 5.74) is 0.477. The Kier molecular flexibility index (Phi) is 3.37. The van der Waals surface area contributed by atoms with Crippen molar-refractivity contribution in [3.63, 3.8) is 0 Å². The van der Waals surface area contributed by atoms with Crippen molar-refractivity contribution < 1.29 is 9.47 Å². The van der Waals surface area contributed by atoms with Crippen molar-refractivity contribution in [1.29, 1.82) is 0 Å². The van der Waals surface area contributed by atoms with Crippen molar-refractivity contribution in [2.45, 2.75) is 98.1 Å². The summed E-state index contributed by atoms with van der Waals surface area (Å²) in [4.78, 5) is 0. The molecule has 1 unspecified atom stereocenters. The smallest absolute Gasteiger partial charge is 0.166 e. The zero-order valence-electron chi connectivity index (χ0n) is 15.1. The van der Waals surface area contributed by atoms with Gasteiger partial charge in [0.1, 0.15) is 5.60 Å². The number of rotatable bonds is 2. The summed E-state index contributed by atoms with van der Waals surface area (Å²) in [7, 11) is 0. The summed E-state index contributed by atoms with van der Waals surface area (Å²) < 4.78 is 13.1. The highest BCUT2D eigenvalue weighted by atomic mass is 16.8. The molecule has 1 saturated heterocycles. The maximum atomic E-state index is 6.62. The van der Waals surface area contributed by atoms with E-state index in [0.29, 0.717) is 5.41 Å².